The van der Waals surface area contributed by atoms with E-state index in [4.69, 9.17) is 4.74 Å². The van der Waals surface area contributed by atoms with E-state index in [9.17, 15) is 4.79 Å². The summed E-state index contributed by atoms with van der Waals surface area (Å²) in [6.45, 7) is 7.17. The molecule has 0 spiro atoms. The number of aryl methyl sites for hydroxylation is 3. The van der Waals surface area contributed by atoms with Crippen LogP contribution in [-0.2, 0) is 4.74 Å². The molecule has 2 rings (SSSR count). The second-order valence-corrected chi connectivity index (χ2v) is 5.44. The molecule has 0 aliphatic heterocycles. The Morgan fingerprint density at radius 2 is 1.83 bits per heavy atom. The molecule has 1 amide bonds. The van der Waals surface area contributed by atoms with E-state index in [-0.39, 0.29) is 5.91 Å². The zero-order valence-corrected chi connectivity index (χ0v) is 13.9. The molecule has 1 aromatic heterocycles. The molecule has 2 aromatic rings. The van der Waals surface area contributed by atoms with Gasteiger partial charge in [-0.25, -0.2) is 9.97 Å². The number of methoxy groups -OCH3 is 1. The Morgan fingerprint density at radius 1 is 1.13 bits per heavy atom. The van der Waals surface area contributed by atoms with Crippen molar-refractivity contribution in [2.24, 2.45) is 0 Å². The lowest BCUT2D eigenvalue weighted by molar-refractivity contribution is 0.102. The van der Waals surface area contributed by atoms with Crippen LogP contribution in [0.4, 0.5) is 11.5 Å². The van der Waals surface area contributed by atoms with Gasteiger partial charge in [0, 0.05) is 25.4 Å². The Morgan fingerprint density at radius 3 is 2.48 bits per heavy atom. The maximum atomic E-state index is 12.4. The van der Waals surface area contributed by atoms with E-state index in [1.807, 2.05) is 32.9 Å². The first-order valence-electron chi connectivity index (χ1n) is 7.45. The Labute approximate surface area is 136 Å². The molecule has 0 saturated carbocycles. The molecule has 0 aliphatic carbocycles. The Bertz CT molecular complexity index is 678. The van der Waals surface area contributed by atoms with Crippen LogP contribution < -0.4 is 10.6 Å². The second kappa shape index (κ2) is 7.69. The predicted octanol–water partition coefficient (Wildman–Crippen LogP) is 2.71. The lowest BCUT2D eigenvalue weighted by Crippen LogP contribution is -2.17. The van der Waals surface area contributed by atoms with Crippen molar-refractivity contribution in [3.05, 3.63) is 46.9 Å². The fourth-order valence-electron chi connectivity index (χ4n) is 2.41. The van der Waals surface area contributed by atoms with Crippen LogP contribution in [0.15, 0.2) is 24.5 Å². The normalized spacial score (nSPS) is 10.4. The maximum absolute atomic E-state index is 12.4. The fourth-order valence-corrected chi connectivity index (χ4v) is 2.41. The standard InChI is InChI=1S/C17H22N4O2/c1-11-7-12(2)16(13(3)8-11)21-17(22)14-9-15(20-10-19-14)18-5-6-23-4/h7-10H,5-6H2,1-4H3,(H,21,22)(H,18,19,20). The van der Waals surface area contributed by atoms with Gasteiger partial charge in [0.05, 0.1) is 6.61 Å². The molecule has 0 bridgehead atoms. The molecular formula is C17H22N4O2. The van der Waals surface area contributed by atoms with Gasteiger partial charge in [-0.3, -0.25) is 4.79 Å². The number of hydrogen-bond donors (Lipinski definition) is 2. The van der Waals surface area contributed by atoms with Gasteiger partial charge in [0.15, 0.2) is 0 Å². The van der Waals surface area contributed by atoms with Crippen molar-refractivity contribution in [1.82, 2.24) is 9.97 Å². The van der Waals surface area contributed by atoms with Gasteiger partial charge in [-0.1, -0.05) is 17.7 Å². The molecule has 0 aliphatic rings. The van der Waals surface area contributed by atoms with Crippen LogP contribution in [0.2, 0.25) is 0 Å². The van der Waals surface area contributed by atoms with Crippen LogP contribution in [0, 0.1) is 20.8 Å². The fraction of sp³-hybridized carbons (Fsp3) is 0.353. The number of aromatic nitrogens is 2. The summed E-state index contributed by atoms with van der Waals surface area (Å²) < 4.78 is 4.97. The highest BCUT2D eigenvalue weighted by Crippen LogP contribution is 2.22. The number of carbonyl (C=O) groups is 1. The molecule has 0 fully saturated rings. The zero-order chi connectivity index (χ0) is 16.8. The highest BCUT2D eigenvalue weighted by molar-refractivity contribution is 6.04. The van der Waals surface area contributed by atoms with E-state index < -0.39 is 0 Å². The van der Waals surface area contributed by atoms with Gasteiger partial charge >= 0.3 is 0 Å². The third-order valence-corrected chi connectivity index (χ3v) is 3.43. The van der Waals surface area contributed by atoms with Crippen LogP contribution in [0.1, 0.15) is 27.2 Å². The van der Waals surface area contributed by atoms with Gasteiger partial charge in [-0.2, -0.15) is 0 Å². The van der Waals surface area contributed by atoms with Crippen molar-refractivity contribution in [2.75, 3.05) is 30.9 Å². The Hall–Kier alpha value is -2.47. The van der Waals surface area contributed by atoms with Crippen LogP contribution in [0.5, 0.6) is 0 Å². The minimum absolute atomic E-state index is 0.253. The van der Waals surface area contributed by atoms with E-state index in [1.165, 1.54) is 11.9 Å². The monoisotopic (exact) mass is 314 g/mol. The number of benzene rings is 1. The highest BCUT2D eigenvalue weighted by atomic mass is 16.5. The van der Waals surface area contributed by atoms with Crippen molar-refractivity contribution in [2.45, 2.75) is 20.8 Å². The number of carbonyl (C=O) groups excluding carboxylic acids is 1. The molecule has 6 heteroatoms. The lowest BCUT2D eigenvalue weighted by atomic mass is 10.1. The summed E-state index contributed by atoms with van der Waals surface area (Å²) in [7, 11) is 1.63. The summed E-state index contributed by atoms with van der Waals surface area (Å²) in [5.41, 5.74) is 4.38. The number of ether oxygens (including phenoxy) is 1. The molecule has 1 heterocycles. The molecule has 0 radical (unpaired) electrons. The average Bonchev–Trinajstić information content (AvgIpc) is 2.51. The van der Waals surface area contributed by atoms with Gasteiger partial charge < -0.3 is 15.4 Å². The predicted molar refractivity (Wildman–Crippen MR) is 91.0 cm³/mol. The number of amides is 1. The minimum atomic E-state index is -0.253. The van der Waals surface area contributed by atoms with E-state index in [1.54, 1.807) is 13.2 Å². The highest BCUT2D eigenvalue weighted by Gasteiger charge is 2.12. The molecule has 0 saturated heterocycles. The number of nitrogens with zero attached hydrogens (tertiary/aromatic N) is 2. The SMILES string of the molecule is COCCNc1cc(C(=O)Nc2c(C)cc(C)cc2C)ncn1. The van der Waals surface area contributed by atoms with Gasteiger partial charge in [0.25, 0.3) is 5.91 Å². The number of nitrogens with one attached hydrogen (secondary N) is 2. The molecule has 0 atom stereocenters. The largest absolute Gasteiger partial charge is 0.383 e. The molecule has 1 aromatic carbocycles. The van der Waals surface area contributed by atoms with Crippen molar-refractivity contribution in [3.63, 3.8) is 0 Å². The van der Waals surface area contributed by atoms with Gasteiger partial charge in [-0.05, 0) is 31.9 Å². The number of rotatable bonds is 6. The summed E-state index contributed by atoms with van der Waals surface area (Å²) in [6.07, 6.45) is 1.37. The summed E-state index contributed by atoms with van der Waals surface area (Å²) in [6, 6.07) is 5.71. The van der Waals surface area contributed by atoms with Gasteiger partial charge in [0.1, 0.15) is 17.8 Å². The Balaban J connectivity index is 2.13. The van der Waals surface area contributed by atoms with Crippen LogP contribution >= 0.6 is 0 Å². The van der Waals surface area contributed by atoms with Crippen LogP contribution in [-0.4, -0.2) is 36.1 Å². The lowest BCUT2D eigenvalue weighted by Gasteiger charge is -2.13. The second-order valence-electron chi connectivity index (χ2n) is 5.44. The minimum Gasteiger partial charge on any atom is -0.383 e. The van der Waals surface area contributed by atoms with Crippen molar-refractivity contribution >= 4 is 17.4 Å². The average molecular weight is 314 g/mol. The summed E-state index contributed by atoms with van der Waals surface area (Å²) in [4.78, 5) is 20.6. The van der Waals surface area contributed by atoms with Crippen molar-refractivity contribution < 1.29 is 9.53 Å². The quantitative estimate of drug-likeness (QED) is 0.802. The molecular weight excluding hydrogens is 292 g/mol. The van der Waals surface area contributed by atoms with Gasteiger partial charge in [-0.15, -0.1) is 0 Å². The summed E-state index contributed by atoms with van der Waals surface area (Å²) in [5, 5.41) is 6.01. The van der Waals surface area contributed by atoms with Crippen LogP contribution in [0.3, 0.4) is 0 Å². The first-order valence-corrected chi connectivity index (χ1v) is 7.45. The molecule has 2 N–H and O–H groups in total. The molecule has 0 unspecified atom stereocenters. The third kappa shape index (κ3) is 4.50. The topological polar surface area (TPSA) is 76.1 Å². The summed E-state index contributed by atoms with van der Waals surface area (Å²) in [5.74, 6) is 0.344. The van der Waals surface area contributed by atoms with E-state index >= 15 is 0 Å². The van der Waals surface area contributed by atoms with Crippen LogP contribution in [0.25, 0.3) is 0 Å². The van der Waals surface area contributed by atoms with E-state index in [0.29, 0.717) is 24.7 Å². The third-order valence-electron chi connectivity index (χ3n) is 3.43. The number of anilines is 2. The molecule has 6 nitrogen and oxygen atoms in total. The smallest absolute Gasteiger partial charge is 0.274 e. The number of hydrogen-bond acceptors (Lipinski definition) is 5. The molecule has 122 valence electrons. The van der Waals surface area contributed by atoms with E-state index in [2.05, 4.69) is 20.6 Å². The Kier molecular flexibility index (Phi) is 5.65. The first kappa shape index (κ1) is 16.9. The zero-order valence-electron chi connectivity index (χ0n) is 13.9. The van der Waals surface area contributed by atoms with Crippen molar-refractivity contribution in [3.8, 4) is 0 Å². The molecule has 23 heavy (non-hydrogen) atoms. The maximum Gasteiger partial charge on any atom is 0.274 e. The van der Waals surface area contributed by atoms with Crippen molar-refractivity contribution in [1.29, 1.82) is 0 Å². The summed E-state index contributed by atoms with van der Waals surface area (Å²) >= 11 is 0. The van der Waals surface area contributed by atoms with Gasteiger partial charge in [0.2, 0.25) is 0 Å². The van der Waals surface area contributed by atoms with E-state index in [0.717, 1.165) is 16.8 Å². The first-order chi connectivity index (χ1) is 11.0.